The van der Waals surface area contributed by atoms with Crippen LogP contribution in [0.3, 0.4) is 0 Å². The fourth-order valence-electron chi connectivity index (χ4n) is 2.78. The summed E-state index contributed by atoms with van der Waals surface area (Å²) < 4.78 is 27.8. The smallest absolute Gasteiger partial charge is 0.270 e. The van der Waals surface area contributed by atoms with Crippen LogP contribution in [0.1, 0.15) is 53.5 Å². The van der Waals surface area contributed by atoms with Crippen molar-refractivity contribution in [2.75, 3.05) is 5.32 Å². The van der Waals surface area contributed by atoms with Gasteiger partial charge in [-0.1, -0.05) is 76.3 Å². The van der Waals surface area contributed by atoms with Gasteiger partial charge in [0.1, 0.15) is 0 Å². The minimum Gasteiger partial charge on any atom is -0.300 e. The summed E-state index contributed by atoms with van der Waals surface area (Å²) in [5.41, 5.74) is 0.334. The minimum absolute atomic E-state index is 0.164. The van der Waals surface area contributed by atoms with Gasteiger partial charge in [-0.25, -0.2) is 13.1 Å². The van der Waals surface area contributed by atoms with Crippen LogP contribution in [0.4, 0.5) is 5.13 Å². The fourth-order valence-corrected chi connectivity index (χ4v) is 4.94. The molecule has 1 amide bonds. The molecular weight excluding hydrogens is 396 g/mol. The number of carbonyl (C=O) groups excluding carboxylic acids is 1. The maximum atomic E-state index is 12.6. The number of amides is 1. The maximum Gasteiger partial charge on any atom is 0.270 e. The van der Waals surface area contributed by atoms with E-state index in [2.05, 4.69) is 34.1 Å². The van der Waals surface area contributed by atoms with Crippen LogP contribution in [-0.2, 0) is 20.2 Å². The van der Waals surface area contributed by atoms with E-state index in [1.807, 2.05) is 37.3 Å². The monoisotopic (exact) mass is 424 g/mol. The second-order valence-corrected chi connectivity index (χ2v) is 11.4. The van der Waals surface area contributed by atoms with Crippen LogP contribution in [0.5, 0.6) is 0 Å². The minimum atomic E-state index is -3.82. The van der Waals surface area contributed by atoms with Gasteiger partial charge in [0, 0.05) is 11.5 Å². The maximum absolute atomic E-state index is 12.6. The molecule has 2 rings (SSSR count). The molecule has 7 nitrogen and oxygen atoms in total. The van der Waals surface area contributed by atoms with E-state index in [1.165, 1.54) is 0 Å². The number of aromatic nitrogens is 2. The van der Waals surface area contributed by atoms with Gasteiger partial charge in [-0.05, 0) is 24.3 Å². The van der Waals surface area contributed by atoms with E-state index in [1.54, 1.807) is 20.8 Å². The number of benzene rings is 1. The average molecular weight is 425 g/mol. The SMILES string of the molecule is CC(CC(C)(C)c1ccccc1)NS(=O)(=O)c1nnc(NC(=O)C(C)(C)C)s1. The second-order valence-electron chi connectivity index (χ2n) is 8.55. The molecule has 28 heavy (non-hydrogen) atoms. The molecule has 0 aliphatic heterocycles. The number of carbonyl (C=O) groups is 1. The topological polar surface area (TPSA) is 101 Å². The summed E-state index contributed by atoms with van der Waals surface area (Å²) in [5.74, 6) is -0.251. The molecule has 2 N–H and O–H groups in total. The summed E-state index contributed by atoms with van der Waals surface area (Å²) >= 11 is 0.836. The summed E-state index contributed by atoms with van der Waals surface area (Å²) in [4.78, 5) is 12.0. The summed E-state index contributed by atoms with van der Waals surface area (Å²) in [6.45, 7) is 11.3. The molecule has 0 saturated carbocycles. The summed E-state index contributed by atoms with van der Waals surface area (Å²) in [5, 5.41) is 10.3. The van der Waals surface area contributed by atoms with Gasteiger partial charge >= 0.3 is 0 Å². The van der Waals surface area contributed by atoms with Crippen molar-refractivity contribution >= 4 is 32.4 Å². The van der Waals surface area contributed by atoms with E-state index in [4.69, 9.17) is 0 Å². The van der Waals surface area contributed by atoms with Crippen LogP contribution < -0.4 is 10.0 Å². The number of anilines is 1. The molecular formula is C19H28N4O3S2. The normalized spacial score (nSPS) is 13.9. The third kappa shape index (κ3) is 5.83. The number of hydrogen-bond acceptors (Lipinski definition) is 6. The lowest BCUT2D eigenvalue weighted by Gasteiger charge is -2.28. The molecule has 154 valence electrons. The molecule has 1 aromatic carbocycles. The first-order chi connectivity index (χ1) is 12.8. The molecule has 0 fully saturated rings. The molecule has 2 aromatic rings. The predicted octanol–water partition coefficient (Wildman–Crippen LogP) is 3.56. The van der Waals surface area contributed by atoms with Gasteiger partial charge < -0.3 is 5.32 Å². The van der Waals surface area contributed by atoms with E-state index >= 15 is 0 Å². The Kier molecular flexibility index (Phi) is 6.62. The first-order valence-electron chi connectivity index (χ1n) is 9.04. The molecule has 9 heteroatoms. The summed E-state index contributed by atoms with van der Waals surface area (Å²) in [7, 11) is -3.82. The molecule has 1 unspecified atom stereocenters. The average Bonchev–Trinajstić information content (AvgIpc) is 3.03. The van der Waals surface area contributed by atoms with Gasteiger partial charge in [0.2, 0.25) is 15.4 Å². The number of rotatable bonds is 7. The molecule has 1 aromatic heterocycles. The number of nitrogens with zero attached hydrogens (tertiary/aromatic N) is 2. The Morgan fingerprint density at radius 3 is 2.29 bits per heavy atom. The van der Waals surface area contributed by atoms with E-state index in [0.29, 0.717) is 6.42 Å². The second kappa shape index (κ2) is 8.26. The number of nitrogens with one attached hydrogen (secondary N) is 2. The van der Waals surface area contributed by atoms with Crippen molar-refractivity contribution in [3.05, 3.63) is 35.9 Å². The van der Waals surface area contributed by atoms with Crippen LogP contribution in [0.15, 0.2) is 34.7 Å². The predicted molar refractivity (Wildman–Crippen MR) is 112 cm³/mol. The molecule has 0 saturated heterocycles. The summed E-state index contributed by atoms with van der Waals surface area (Å²) in [6, 6.07) is 9.67. The first-order valence-corrected chi connectivity index (χ1v) is 11.3. The van der Waals surface area contributed by atoms with Crippen LogP contribution in [0.25, 0.3) is 0 Å². The van der Waals surface area contributed by atoms with E-state index in [0.717, 1.165) is 16.9 Å². The Balaban J connectivity index is 2.06. The highest BCUT2D eigenvalue weighted by molar-refractivity contribution is 7.91. The van der Waals surface area contributed by atoms with Crippen molar-refractivity contribution < 1.29 is 13.2 Å². The number of sulfonamides is 1. The molecule has 0 aliphatic carbocycles. The van der Waals surface area contributed by atoms with Crippen LogP contribution in [0, 0.1) is 5.41 Å². The quantitative estimate of drug-likeness (QED) is 0.662. The van der Waals surface area contributed by atoms with Crippen molar-refractivity contribution in [3.8, 4) is 0 Å². The van der Waals surface area contributed by atoms with Crippen molar-refractivity contribution in [2.24, 2.45) is 5.41 Å². The van der Waals surface area contributed by atoms with Gasteiger partial charge in [-0.15, -0.1) is 10.2 Å². The zero-order valence-corrected chi connectivity index (χ0v) is 18.7. The fraction of sp³-hybridized carbons (Fsp3) is 0.526. The third-order valence-electron chi connectivity index (χ3n) is 4.27. The Morgan fingerprint density at radius 1 is 1.11 bits per heavy atom. The third-order valence-corrected chi connectivity index (χ3v) is 7.06. The van der Waals surface area contributed by atoms with Crippen LogP contribution >= 0.6 is 11.3 Å². The molecule has 1 heterocycles. The Morgan fingerprint density at radius 2 is 1.71 bits per heavy atom. The van der Waals surface area contributed by atoms with Crippen molar-refractivity contribution in [2.45, 2.75) is 63.8 Å². The molecule has 0 aliphatic rings. The standard InChI is InChI=1S/C19H28N4O3S2/c1-13(12-19(5,6)14-10-8-7-9-11-14)23-28(25,26)17-22-21-16(27-17)20-15(24)18(2,3)4/h7-11,13,23H,12H2,1-6H3,(H,20,21,24). The zero-order chi connectivity index (χ0) is 21.2. The molecule has 1 atom stereocenters. The van der Waals surface area contributed by atoms with E-state index in [9.17, 15) is 13.2 Å². The molecule has 0 bridgehead atoms. The van der Waals surface area contributed by atoms with Crippen molar-refractivity contribution in [1.82, 2.24) is 14.9 Å². The van der Waals surface area contributed by atoms with E-state index in [-0.39, 0.29) is 26.8 Å². The van der Waals surface area contributed by atoms with Crippen molar-refractivity contribution in [1.29, 1.82) is 0 Å². The van der Waals surface area contributed by atoms with Gasteiger partial charge in [0.05, 0.1) is 0 Å². The van der Waals surface area contributed by atoms with Gasteiger partial charge in [0.25, 0.3) is 10.0 Å². The largest absolute Gasteiger partial charge is 0.300 e. The Hall–Kier alpha value is -1.84. The highest BCUT2D eigenvalue weighted by Gasteiger charge is 2.29. The molecule has 0 spiro atoms. The van der Waals surface area contributed by atoms with Gasteiger partial charge in [0.15, 0.2) is 0 Å². The first kappa shape index (κ1) is 22.4. The highest BCUT2D eigenvalue weighted by atomic mass is 32.2. The molecule has 0 radical (unpaired) electrons. The van der Waals surface area contributed by atoms with E-state index < -0.39 is 15.4 Å². The summed E-state index contributed by atoms with van der Waals surface area (Å²) in [6.07, 6.45) is 0.614. The van der Waals surface area contributed by atoms with Crippen LogP contribution in [-0.4, -0.2) is 30.6 Å². The van der Waals surface area contributed by atoms with Gasteiger partial charge in [-0.3, -0.25) is 4.79 Å². The highest BCUT2D eigenvalue weighted by Crippen LogP contribution is 2.29. The van der Waals surface area contributed by atoms with Gasteiger partial charge in [-0.2, -0.15) is 0 Å². The zero-order valence-electron chi connectivity index (χ0n) is 17.1. The lowest BCUT2D eigenvalue weighted by atomic mass is 9.79. The Labute approximate surface area is 171 Å². The lowest BCUT2D eigenvalue weighted by molar-refractivity contribution is -0.123. The van der Waals surface area contributed by atoms with Crippen LogP contribution in [0.2, 0.25) is 0 Å². The van der Waals surface area contributed by atoms with Crippen molar-refractivity contribution in [3.63, 3.8) is 0 Å². The Bertz CT molecular complexity index is 916. The number of hydrogen-bond donors (Lipinski definition) is 2. The lowest BCUT2D eigenvalue weighted by Crippen LogP contribution is -2.37.